The summed E-state index contributed by atoms with van der Waals surface area (Å²) in [4.78, 5) is 24.5. The van der Waals surface area contributed by atoms with Gasteiger partial charge in [-0.1, -0.05) is 18.2 Å². The molecule has 2 fully saturated rings. The summed E-state index contributed by atoms with van der Waals surface area (Å²) in [5.74, 6) is 0.0858. The lowest BCUT2D eigenvalue weighted by Gasteiger charge is -2.41. The van der Waals surface area contributed by atoms with Crippen molar-refractivity contribution in [3.05, 3.63) is 30.3 Å². The van der Waals surface area contributed by atoms with Crippen molar-refractivity contribution in [3.8, 4) is 5.75 Å². The fraction of sp³-hybridized carbons (Fsp3) is 0.467. The van der Waals surface area contributed by atoms with Crippen LogP contribution in [0.25, 0.3) is 0 Å². The van der Waals surface area contributed by atoms with Gasteiger partial charge < -0.3 is 4.74 Å². The first-order chi connectivity index (χ1) is 11.0. The first-order valence-electron chi connectivity index (χ1n) is 7.48. The first-order valence-corrected chi connectivity index (χ1v) is 9.09. The van der Waals surface area contributed by atoms with Gasteiger partial charge in [0.25, 0.3) is 0 Å². The summed E-state index contributed by atoms with van der Waals surface area (Å²) in [7, 11) is -3.43. The van der Waals surface area contributed by atoms with Crippen molar-refractivity contribution >= 4 is 21.8 Å². The quantitative estimate of drug-likeness (QED) is 0.693. The number of amides is 2. The average molecular weight is 338 g/mol. The molecule has 124 valence electrons. The lowest BCUT2D eigenvalue weighted by atomic mass is 10.1. The van der Waals surface area contributed by atoms with Gasteiger partial charge >= 0.3 is 0 Å². The highest BCUT2D eigenvalue weighted by Gasteiger charge is 2.44. The zero-order valence-electron chi connectivity index (χ0n) is 12.6. The van der Waals surface area contributed by atoms with E-state index >= 15 is 0 Å². The lowest BCUT2D eigenvalue weighted by Crippen LogP contribution is -2.62. The second-order valence-corrected chi connectivity index (χ2v) is 7.69. The summed E-state index contributed by atoms with van der Waals surface area (Å²) in [6.45, 7) is 0.436. The van der Waals surface area contributed by atoms with Crippen LogP contribution in [0.2, 0.25) is 0 Å². The Bertz CT molecular complexity index is 682. The largest absolute Gasteiger partial charge is 0.492 e. The molecule has 2 saturated heterocycles. The number of benzene rings is 1. The number of hydrogen-bond donors (Lipinski definition) is 0. The number of ether oxygens (including phenoxy) is 1. The molecule has 0 radical (unpaired) electrons. The number of carbonyl (C=O) groups excluding carboxylic acids is 2. The molecule has 0 aliphatic carbocycles. The minimum absolute atomic E-state index is 0.0646. The standard InChI is InChI=1S/C15H18N2O5S/c18-14-6-7-15(19)17(14)12-10-16(11-12)23(20,21)9-8-22-13-4-2-1-3-5-13/h1-5,12H,6-11H2. The Morgan fingerprint density at radius 2 is 1.65 bits per heavy atom. The molecule has 3 rings (SSSR count). The van der Waals surface area contributed by atoms with Crippen molar-refractivity contribution in [2.24, 2.45) is 0 Å². The van der Waals surface area contributed by atoms with Crippen molar-refractivity contribution in [2.75, 3.05) is 25.4 Å². The van der Waals surface area contributed by atoms with E-state index in [1.807, 2.05) is 18.2 Å². The molecule has 2 amide bonds. The molecule has 2 heterocycles. The van der Waals surface area contributed by atoms with Gasteiger partial charge in [-0.2, -0.15) is 4.31 Å². The molecule has 2 aliphatic heterocycles. The monoisotopic (exact) mass is 338 g/mol. The van der Waals surface area contributed by atoms with Gasteiger partial charge in [-0.05, 0) is 12.1 Å². The molecule has 0 bridgehead atoms. The molecule has 0 aromatic heterocycles. The summed E-state index contributed by atoms with van der Waals surface area (Å²) in [6.07, 6.45) is 0.458. The van der Waals surface area contributed by atoms with Crippen molar-refractivity contribution in [1.82, 2.24) is 9.21 Å². The van der Waals surface area contributed by atoms with E-state index in [-0.39, 0.29) is 56.1 Å². The maximum absolute atomic E-state index is 12.2. The van der Waals surface area contributed by atoms with Crippen LogP contribution in [0.3, 0.4) is 0 Å². The number of para-hydroxylation sites is 1. The second-order valence-electron chi connectivity index (χ2n) is 5.61. The third-order valence-electron chi connectivity index (χ3n) is 4.03. The van der Waals surface area contributed by atoms with E-state index in [4.69, 9.17) is 4.74 Å². The SMILES string of the molecule is O=C1CCC(=O)N1C1CN(S(=O)(=O)CCOc2ccccc2)C1. The van der Waals surface area contributed by atoms with E-state index in [2.05, 4.69) is 0 Å². The molecule has 8 heteroatoms. The minimum Gasteiger partial charge on any atom is -0.492 e. The van der Waals surface area contributed by atoms with Crippen LogP contribution in [0.1, 0.15) is 12.8 Å². The molecule has 7 nitrogen and oxygen atoms in total. The van der Waals surface area contributed by atoms with Crippen LogP contribution >= 0.6 is 0 Å². The molecule has 0 saturated carbocycles. The molecular weight excluding hydrogens is 320 g/mol. The number of hydrogen-bond acceptors (Lipinski definition) is 5. The molecule has 0 atom stereocenters. The van der Waals surface area contributed by atoms with Crippen LogP contribution in [0.15, 0.2) is 30.3 Å². The van der Waals surface area contributed by atoms with E-state index in [0.29, 0.717) is 5.75 Å². The molecule has 1 aromatic carbocycles. The highest BCUT2D eigenvalue weighted by atomic mass is 32.2. The predicted octanol–water partition coefficient (Wildman–Crippen LogP) is 0.228. The van der Waals surface area contributed by atoms with E-state index in [1.54, 1.807) is 12.1 Å². The van der Waals surface area contributed by atoms with E-state index in [0.717, 1.165) is 0 Å². The van der Waals surface area contributed by atoms with E-state index < -0.39 is 10.0 Å². The number of imide groups is 1. The fourth-order valence-electron chi connectivity index (χ4n) is 2.72. The summed E-state index contributed by atoms with van der Waals surface area (Å²) < 4.78 is 31.1. The third kappa shape index (κ3) is 3.37. The highest BCUT2D eigenvalue weighted by Crippen LogP contribution is 2.24. The lowest BCUT2D eigenvalue weighted by molar-refractivity contribution is -0.143. The summed E-state index contributed by atoms with van der Waals surface area (Å²) in [6, 6.07) is 8.68. The van der Waals surface area contributed by atoms with Gasteiger partial charge in [-0.15, -0.1) is 0 Å². The molecule has 1 aromatic rings. The van der Waals surface area contributed by atoms with Crippen LogP contribution in [-0.2, 0) is 19.6 Å². The Kier molecular flexibility index (Phi) is 4.36. The fourth-order valence-corrected chi connectivity index (χ4v) is 4.07. The van der Waals surface area contributed by atoms with Gasteiger partial charge in [-0.3, -0.25) is 14.5 Å². The van der Waals surface area contributed by atoms with Crippen molar-refractivity contribution in [3.63, 3.8) is 0 Å². The van der Waals surface area contributed by atoms with Gasteiger partial charge in [0.05, 0.1) is 11.8 Å². The third-order valence-corrected chi connectivity index (χ3v) is 5.80. The summed E-state index contributed by atoms with van der Waals surface area (Å²) in [5, 5.41) is 0. The van der Waals surface area contributed by atoms with E-state index in [1.165, 1.54) is 9.21 Å². The Hall–Kier alpha value is -1.93. The van der Waals surface area contributed by atoms with Gasteiger partial charge in [0.1, 0.15) is 12.4 Å². The predicted molar refractivity (Wildman–Crippen MR) is 82.2 cm³/mol. The smallest absolute Gasteiger partial charge is 0.230 e. The first kappa shape index (κ1) is 15.9. The number of carbonyl (C=O) groups is 2. The molecule has 0 spiro atoms. The maximum Gasteiger partial charge on any atom is 0.230 e. The van der Waals surface area contributed by atoms with Crippen LogP contribution in [-0.4, -0.2) is 60.9 Å². The topological polar surface area (TPSA) is 84.0 Å². The molecule has 0 N–H and O–H groups in total. The number of nitrogens with zero attached hydrogens (tertiary/aromatic N) is 2. The molecular formula is C15H18N2O5S. The zero-order valence-corrected chi connectivity index (χ0v) is 13.4. The summed E-state index contributed by atoms with van der Waals surface area (Å²) >= 11 is 0. The maximum atomic E-state index is 12.2. The van der Waals surface area contributed by atoms with Crippen LogP contribution in [0, 0.1) is 0 Å². The van der Waals surface area contributed by atoms with Crippen molar-refractivity contribution in [1.29, 1.82) is 0 Å². The van der Waals surface area contributed by atoms with E-state index in [9.17, 15) is 18.0 Å². The van der Waals surface area contributed by atoms with Crippen molar-refractivity contribution < 1.29 is 22.7 Å². The Labute approximate surface area is 134 Å². The highest BCUT2D eigenvalue weighted by molar-refractivity contribution is 7.89. The number of sulfonamides is 1. The van der Waals surface area contributed by atoms with Gasteiger partial charge in [0, 0.05) is 25.9 Å². The van der Waals surface area contributed by atoms with Gasteiger partial charge in [0.15, 0.2) is 0 Å². The normalized spacial score (nSPS) is 19.9. The number of likely N-dealkylation sites (tertiary alicyclic amines) is 1. The number of rotatable bonds is 6. The van der Waals surface area contributed by atoms with Gasteiger partial charge in [0.2, 0.25) is 21.8 Å². The molecule has 0 unspecified atom stereocenters. The average Bonchev–Trinajstić information content (AvgIpc) is 2.79. The van der Waals surface area contributed by atoms with Crippen LogP contribution in [0.5, 0.6) is 5.75 Å². The molecule has 2 aliphatic rings. The minimum atomic E-state index is -3.43. The summed E-state index contributed by atoms with van der Waals surface area (Å²) in [5.41, 5.74) is 0. The Morgan fingerprint density at radius 3 is 2.26 bits per heavy atom. The zero-order chi connectivity index (χ0) is 16.4. The second kappa shape index (κ2) is 6.29. The van der Waals surface area contributed by atoms with Crippen LogP contribution < -0.4 is 4.74 Å². The van der Waals surface area contributed by atoms with Crippen molar-refractivity contribution in [2.45, 2.75) is 18.9 Å². The van der Waals surface area contributed by atoms with Crippen LogP contribution in [0.4, 0.5) is 0 Å². The molecule has 23 heavy (non-hydrogen) atoms. The Morgan fingerprint density at radius 1 is 1.04 bits per heavy atom. The van der Waals surface area contributed by atoms with Gasteiger partial charge in [-0.25, -0.2) is 8.42 Å². The Balaban J connectivity index is 1.48.